The standard InChI is InChI=1S/C12H18N2O4S/c1-3-18-11(16)5-4-6-13-10(15)7-14-9(2)8-19-12(14)17/h8H,3-7H2,1-2H3,(H,13,15). The molecule has 0 fully saturated rings. The van der Waals surface area contributed by atoms with Crippen molar-refractivity contribution in [3.8, 4) is 0 Å². The summed E-state index contributed by atoms with van der Waals surface area (Å²) in [5.41, 5.74) is 0.775. The van der Waals surface area contributed by atoms with Crippen LogP contribution >= 0.6 is 11.3 Å². The lowest BCUT2D eigenvalue weighted by atomic mass is 10.3. The second-order valence-corrected chi connectivity index (χ2v) is 4.81. The van der Waals surface area contributed by atoms with Crippen LogP contribution in [0.2, 0.25) is 0 Å². The van der Waals surface area contributed by atoms with E-state index in [1.165, 1.54) is 4.57 Å². The Morgan fingerprint density at radius 2 is 2.21 bits per heavy atom. The number of aromatic nitrogens is 1. The van der Waals surface area contributed by atoms with Gasteiger partial charge in [-0.1, -0.05) is 11.3 Å². The van der Waals surface area contributed by atoms with E-state index in [4.69, 9.17) is 4.74 Å². The first-order valence-electron chi connectivity index (χ1n) is 6.11. The summed E-state index contributed by atoms with van der Waals surface area (Å²) in [6.07, 6.45) is 0.813. The van der Waals surface area contributed by atoms with E-state index in [1.54, 1.807) is 19.2 Å². The maximum absolute atomic E-state index is 11.6. The summed E-state index contributed by atoms with van der Waals surface area (Å²) in [4.78, 5) is 33.9. The zero-order chi connectivity index (χ0) is 14.3. The molecule has 0 saturated heterocycles. The average molecular weight is 286 g/mol. The van der Waals surface area contributed by atoms with Gasteiger partial charge in [-0.25, -0.2) is 0 Å². The summed E-state index contributed by atoms with van der Waals surface area (Å²) in [5.74, 6) is -0.492. The van der Waals surface area contributed by atoms with E-state index in [1.807, 2.05) is 0 Å². The molecule has 0 aliphatic carbocycles. The summed E-state index contributed by atoms with van der Waals surface area (Å²) in [6, 6.07) is 0. The lowest BCUT2D eigenvalue weighted by Gasteiger charge is -2.06. The first-order valence-corrected chi connectivity index (χ1v) is 6.99. The monoisotopic (exact) mass is 286 g/mol. The zero-order valence-electron chi connectivity index (χ0n) is 11.1. The molecule has 0 unspecified atom stereocenters. The minimum Gasteiger partial charge on any atom is -0.466 e. The molecule has 1 aromatic rings. The topological polar surface area (TPSA) is 77.4 Å². The average Bonchev–Trinajstić information content (AvgIpc) is 2.67. The number of nitrogens with zero attached hydrogens (tertiary/aromatic N) is 1. The lowest BCUT2D eigenvalue weighted by molar-refractivity contribution is -0.143. The van der Waals surface area contributed by atoms with E-state index in [0.717, 1.165) is 17.0 Å². The summed E-state index contributed by atoms with van der Waals surface area (Å²) >= 11 is 1.08. The molecule has 1 aromatic heterocycles. The predicted octanol–water partition coefficient (Wildman–Crippen LogP) is 0.678. The van der Waals surface area contributed by atoms with Crippen LogP contribution < -0.4 is 10.2 Å². The molecule has 0 saturated carbocycles. The number of amides is 1. The van der Waals surface area contributed by atoms with Gasteiger partial charge in [0.25, 0.3) is 0 Å². The SMILES string of the molecule is CCOC(=O)CCCNC(=O)Cn1c(C)csc1=O. The molecule has 0 aromatic carbocycles. The second kappa shape index (κ2) is 7.73. The lowest BCUT2D eigenvalue weighted by Crippen LogP contribution is -2.31. The van der Waals surface area contributed by atoms with Crippen molar-refractivity contribution in [2.24, 2.45) is 0 Å². The number of hydrogen-bond acceptors (Lipinski definition) is 5. The van der Waals surface area contributed by atoms with E-state index in [2.05, 4.69) is 5.32 Å². The van der Waals surface area contributed by atoms with Crippen LogP contribution in [0.4, 0.5) is 0 Å². The number of ether oxygens (including phenoxy) is 1. The smallest absolute Gasteiger partial charge is 0.307 e. The van der Waals surface area contributed by atoms with E-state index in [0.29, 0.717) is 19.6 Å². The van der Waals surface area contributed by atoms with Crippen LogP contribution in [0, 0.1) is 6.92 Å². The fourth-order valence-electron chi connectivity index (χ4n) is 1.49. The van der Waals surface area contributed by atoms with Gasteiger partial charge in [0.1, 0.15) is 6.54 Å². The number of carbonyl (C=O) groups is 2. The molecular weight excluding hydrogens is 268 g/mol. The van der Waals surface area contributed by atoms with Crippen molar-refractivity contribution >= 4 is 23.2 Å². The van der Waals surface area contributed by atoms with Crippen molar-refractivity contribution in [2.45, 2.75) is 33.2 Å². The van der Waals surface area contributed by atoms with Crippen LogP contribution in [-0.4, -0.2) is 29.6 Å². The Labute approximate surface area is 115 Å². The van der Waals surface area contributed by atoms with Gasteiger partial charge < -0.3 is 10.1 Å². The molecular formula is C12H18N2O4S. The van der Waals surface area contributed by atoms with Crippen molar-refractivity contribution in [3.05, 3.63) is 20.7 Å². The molecule has 106 valence electrons. The molecule has 6 nitrogen and oxygen atoms in total. The maximum Gasteiger partial charge on any atom is 0.307 e. The molecule has 0 aliphatic heterocycles. The summed E-state index contributed by atoms with van der Waals surface area (Å²) < 4.78 is 6.19. The molecule has 1 N–H and O–H groups in total. The third kappa shape index (κ3) is 5.25. The fraction of sp³-hybridized carbons (Fsp3) is 0.583. The van der Waals surface area contributed by atoms with Crippen LogP contribution in [0.5, 0.6) is 0 Å². The molecule has 0 atom stereocenters. The molecule has 1 rings (SSSR count). The van der Waals surface area contributed by atoms with E-state index < -0.39 is 0 Å². The highest BCUT2D eigenvalue weighted by atomic mass is 32.1. The Morgan fingerprint density at radius 1 is 1.47 bits per heavy atom. The highest BCUT2D eigenvalue weighted by Crippen LogP contribution is 1.99. The molecule has 0 radical (unpaired) electrons. The molecule has 0 aliphatic rings. The molecule has 19 heavy (non-hydrogen) atoms. The van der Waals surface area contributed by atoms with Crippen LogP contribution in [0.25, 0.3) is 0 Å². The van der Waals surface area contributed by atoms with Gasteiger partial charge in [0, 0.05) is 24.0 Å². The Balaban J connectivity index is 2.26. The molecule has 1 amide bonds. The number of rotatable bonds is 7. The normalized spacial score (nSPS) is 10.2. The van der Waals surface area contributed by atoms with Gasteiger partial charge in [-0.2, -0.15) is 0 Å². The van der Waals surface area contributed by atoms with Crippen molar-refractivity contribution in [3.63, 3.8) is 0 Å². The highest BCUT2D eigenvalue weighted by Gasteiger charge is 2.08. The first kappa shape index (κ1) is 15.4. The van der Waals surface area contributed by atoms with Crippen LogP contribution in [0.3, 0.4) is 0 Å². The quantitative estimate of drug-likeness (QED) is 0.590. The molecule has 7 heteroatoms. The number of aryl methyl sites for hydroxylation is 1. The van der Waals surface area contributed by atoms with Crippen molar-refractivity contribution in [1.29, 1.82) is 0 Å². The Bertz CT molecular complexity index is 492. The van der Waals surface area contributed by atoms with E-state index in [-0.39, 0.29) is 29.7 Å². The Kier molecular flexibility index (Phi) is 6.27. The van der Waals surface area contributed by atoms with Crippen LogP contribution in [0.1, 0.15) is 25.5 Å². The third-order valence-electron chi connectivity index (χ3n) is 2.46. The maximum atomic E-state index is 11.6. The van der Waals surface area contributed by atoms with E-state index >= 15 is 0 Å². The van der Waals surface area contributed by atoms with Crippen molar-refractivity contribution < 1.29 is 14.3 Å². The summed E-state index contributed by atoms with van der Waals surface area (Å²) in [7, 11) is 0. The number of carbonyl (C=O) groups excluding carboxylic acids is 2. The number of hydrogen-bond donors (Lipinski definition) is 1. The van der Waals surface area contributed by atoms with Gasteiger partial charge >= 0.3 is 10.8 Å². The fourth-order valence-corrected chi connectivity index (χ4v) is 2.22. The van der Waals surface area contributed by atoms with Crippen LogP contribution in [-0.2, 0) is 20.9 Å². The van der Waals surface area contributed by atoms with E-state index in [9.17, 15) is 14.4 Å². The zero-order valence-corrected chi connectivity index (χ0v) is 11.9. The summed E-state index contributed by atoms with van der Waals surface area (Å²) in [5, 5.41) is 4.39. The minimum absolute atomic E-state index is 0.0214. The van der Waals surface area contributed by atoms with Gasteiger partial charge in [0.05, 0.1) is 6.61 Å². The number of esters is 1. The molecule has 1 heterocycles. The number of nitrogens with one attached hydrogen (secondary N) is 1. The van der Waals surface area contributed by atoms with Gasteiger partial charge in [0.15, 0.2) is 0 Å². The minimum atomic E-state index is -0.262. The van der Waals surface area contributed by atoms with Gasteiger partial charge in [-0.3, -0.25) is 19.0 Å². The Morgan fingerprint density at radius 3 is 2.79 bits per heavy atom. The van der Waals surface area contributed by atoms with Gasteiger partial charge in [-0.15, -0.1) is 0 Å². The first-order chi connectivity index (χ1) is 9.04. The molecule has 0 bridgehead atoms. The van der Waals surface area contributed by atoms with Crippen molar-refractivity contribution in [1.82, 2.24) is 9.88 Å². The van der Waals surface area contributed by atoms with Crippen LogP contribution in [0.15, 0.2) is 10.2 Å². The van der Waals surface area contributed by atoms with Crippen molar-refractivity contribution in [2.75, 3.05) is 13.2 Å². The second-order valence-electron chi connectivity index (χ2n) is 3.99. The largest absolute Gasteiger partial charge is 0.466 e. The van der Waals surface area contributed by atoms with Gasteiger partial charge in [-0.05, 0) is 20.3 Å². The third-order valence-corrected chi connectivity index (χ3v) is 3.34. The number of thiazole rings is 1. The molecule has 0 spiro atoms. The summed E-state index contributed by atoms with van der Waals surface area (Å²) in [6.45, 7) is 4.32. The predicted molar refractivity (Wildman–Crippen MR) is 72.2 cm³/mol. The highest BCUT2D eigenvalue weighted by molar-refractivity contribution is 7.07. The Hall–Kier alpha value is -1.63. The van der Waals surface area contributed by atoms with Gasteiger partial charge in [0.2, 0.25) is 5.91 Å².